The van der Waals surface area contributed by atoms with E-state index in [1.54, 1.807) is 0 Å². The summed E-state index contributed by atoms with van der Waals surface area (Å²) < 4.78 is 43.1. The highest BCUT2D eigenvalue weighted by Gasteiger charge is 2.28. The van der Waals surface area contributed by atoms with Gasteiger partial charge in [0.25, 0.3) is 5.56 Å². The van der Waals surface area contributed by atoms with Gasteiger partial charge in [0, 0.05) is 11.9 Å². The van der Waals surface area contributed by atoms with Crippen molar-refractivity contribution >= 4 is 34.3 Å². The lowest BCUT2D eigenvalue weighted by Crippen LogP contribution is -2.29. The number of hydrogen-bond donors (Lipinski definition) is 3. The van der Waals surface area contributed by atoms with Crippen LogP contribution in [0.1, 0.15) is 10.4 Å². The Hall–Kier alpha value is -3.83. The molecule has 0 saturated carbocycles. The first-order valence-electron chi connectivity index (χ1n) is 8.08. The fourth-order valence-electron chi connectivity index (χ4n) is 2.62. The molecule has 0 unspecified atom stereocenters. The van der Waals surface area contributed by atoms with Crippen LogP contribution in [0, 0.1) is 0 Å². The molecule has 0 spiro atoms. The predicted octanol–water partition coefficient (Wildman–Crippen LogP) is 1.71. The number of pyridine rings is 1. The van der Waals surface area contributed by atoms with Crippen LogP contribution in [0.3, 0.4) is 0 Å². The molecular weight excluding hydrogens is 393 g/mol. The number of nitrogens with two attached hydrogens (primary N) is 2. The number of hydrogen-bond acceptors (Lipinski definition) is 8. The number of nitrogen functional groups attached to an aromatic ring is 2. The van der Waals surface area contributed by atoms with Crippen LogP contribution in [-0.2, 0) is 4.74 Å². The Morgan fingerprint density at radius 2 is 1.90 bits per heavy atom. The van der Waals surface area contributed by atoms with E-state index >= 15 is 0 Å². The first-order valence-corrected chi connectivity index (χ1v) is 8.08. The molecule has 0 fully saturated rings. The van der Waals surface area contributed by atoms with E-state index < -0.39 is 29.8 Å². The molecule has 29 heavy (non-hydrogen) atoms. The number of alkyl halides is 3. The zero-order valence-electron chi connectivity index (χ0n) is 14.9. The molecule has 0 atom stereocenters. The number of anilines is 3. The van der Waals surface area contributed by atoms with E-state index in [2.05, 4.69) is 14.7 Å². The zero-order chi connectivity index (χ0) is 21.3. The van der Waals surface area contributed by atoms with Gasteiger partial charge >= 0.3 is 12.1 Å². The molecule has 0 saturated heterocycles. The molecule has 3 rings (SSSR count). The average molecular weight is 408 g/mol. The third-order valence-corrected chi connectivity index (χ3v) is 3.94. The normalized spacial score (nSPS) is 11.4. The van der Waals surface area contributed by atoms with Gasteiger partial charge in [0.2, 0.25) is 5.95 Å². The standard InChI is InChI=1S/C17H15F3N6O3/c1-29-15(28)11-12(22)10-6-23-16(24-7-17(18,19)20)25-13(10)26(14(11)27)9-4-2-8(21)3-5-9/h2-6H,7,21-22H2,1H3,(H,23,24,25). The molecule has 0 amide bonds. The van der Waals surface area contributed by atoms with Crippen molar-refractivity contribution in [3.63, 3.8) is 0 Å². The third kappa shape index (κ3) is 3.90. The topological polar surface area (TPSA) is 138 Å². The molecule has 2 aromatic heterocycles. The van der Waals surface area contributed by atoms with Crippen molar-refractivity contribution in [3.05, 3.63) is 46.4 Å². The Bertz CT molecular complexity index is 1140. The molecule has 1 aromatic carbocycles. The van der Waals surface area contributed by atoms with Crippen LogP contribution in [-0.4, -0.2) is 40.3 Å². The predicted molar refractivity (Wildman–Crippen MR) is 99.8 cm³/mol. The Morgan fingerprint density at radius 1 is 1.24 bits per heavy atom. The van der Waals surface area contributed by atoms with Crippen molar-refractivity contribution in [2.75, 3.05) is 30.4 Å². The number of carbonyl (C=O) groups is 1. The lowest BCUT2D eigenvalue weighted by Gasteiger charge is -2.15. The number of rotatable bonds is 4. The molecule has 152 valence electrons. The number of fused-ring (bicyclic) bond motifs is 1. The number of halogens is 3. The second-order valence-electron chi connectivity index (χ2n) is 5.91. The number of carbonyl (C=O) groups excluding carboxylic acids is 1. The lowest BCUT2D eigenvalue weighted by molar-refractivity contribution is -0.115. The van der Waals surface area contributed by atoms with Crippen LogP contribution in [0.2, 0.25) is 0 Å². The summed E-state index contributed by atoms with van der Waals surface area (Å²) in [6.45, 7) is -1.37. The van der Waals surface area contributed by atoms with Crippen molar-refractivity contribution in [1.82, 2.24) is 14.5 Å². The molecule has 0 aliphatic carbocycles. The van der Waals surface area contributed by atoms with E-state index in [1.807, 2.05) is 5.32 Å². The van der Waals surface area contributed by atoms with E-state index in [9.17, 15) is 22.8 Å². The molecule has 12 heteroatoms. The minimum Gasteiger partial charge on any atom is -0.465 e. The second-order valence-corrected chi connectivity index (χ2v) is 5.91. The summed E-state index contributed by atoms with van der Waals surface area (Å²) in [5, 5.41) is 2.12. The summed E-state index contributed by atoms with van der Waals surface area (Å²) in [5.41, 5.74) is 10.6. The first kappa shape index (κ1) is 19.9. The van der Waals surface area contributed by atoms with Crippen LogP contribution < -0.4 is 22.3 Å². The number of nitrogens with zero attached hydrogens (tertiary/aromatic N) is 3. The summed E-state index contributed by atoms with van der Waals surface area (Å²) in [7, 11) is 1.08. The van der Waals surface area contributed by atoms with Crippen molar-refractivity contribution < 1.29 is 22.7 Å². The zero-order valence-corrected chi connectivity index (χ0v) is 14.9. The van der Waals surface area contributed by atoms with E-state index in [4.69, 9.17) is 11.5 Å². The minimum atomic E-state index is -4.50. The summed E-state index contributed by atoms with van der Waals surface area (Å²) in [5.74, 6) is -1.35. The Kier molecular flexibility index (Phi) is 5.01. The van der Waals surface area contributed by atoms with Gasteiger partial charge in [0.15, 0.2) is 5.65 Å². The van der Waals surface area contributed by atoms with Crippen molar-refractivity contribution in [2.24, 2.45) is 0 Å². The molecule has 0 radical (unpaired) electrons. The number of ether oxygens (including phenoxy) is 1. The quantitative estimate of drug-likeness (QED) is 0.438. The Morgan fingerprint density at radius 3 is 2.48 bits per heavy atom. The van der Waals surface area contributed by atoms with Gasteiger partial charge in [-0.05, 0) is 24.3 Å². The number of nitrogens with one attached hydrogen (secondary N) is 1. The smallest absolute Gasteiger partial charge is 0.405 e. The van der Waals surface area contributed by atoms with Gasteiger partial charge in [0.1, 0.15) is 12.1 Å². The van der Waals surface area contributed by atoms with Crippen LogP contribution in [0.5, 0.6) is 0 Å². The SMILES string of the molecule is COC(=O)c1c(N)c2cnc(NCC(F)(F)F)nc2n(-c2ccc(N)cc2)c1=O. The molecule has 0 bridgehead atoms. The van der Waals surface area contributed by atoms with E-state index in [1.165, 1.54) is 24.3 Å². The highest BCUT2D eigenvalue weighted by molar-refractivity contribution is 6.03. The minimum absolute atomic E-state index is 0.0828. The highest BCUT2D eigenvalue weighted by atomic mass is 19.4. The summed E-state index contributed by atoms with van der Waals surface area (Å²) in [4.78, 5) is 32.9. The number of methoxy groups -OCH3 is 1. The maximum atomic E-state index is 13.0. The first-order chi connectivity index (χ1) is 13.6. The lowest BCUT2D eigenvalue weighted by atomic mass is 10.1. The maximum Gasteiger partial charge on any atom is 0.405 e. The average Bonchev–Trinajstić information content (AvgIpc) is 2.67. The van der Waals surface area contributed by atoms with E-state index in [-0.39, 0.29) is 28.4 Å². The summed E-state index contributed by atoms with van der Waals surface area (Å²) in [6, 6.07) is 5.98. The molecule has 0 aliphatic heterocycles. The maximum absolute atomic E-state index is 13.0. The third-order valence-electron chi connectivity index (χ3n) is 3.94. The fourth-order valence-corrected chi connectivity index (χ4v) is 2.62. The van der Waals surface area contributed by atoms with Gasteiger partial charge in [0.05, 0.1) is 23.9 Å². The molecule has 3 aromatic rings. The van der Waals surface area contributed by atoms with Crippen molar-refractivity contribution in [2.45, 2.75) is 6.18 Å². The number of esters is 1. The summed E-state index contributed by atoms with van der Waals surface area (Å²) in [6.07, 6.45) is -3.38. The van der Waals surface area contributed by atoms with Gasteiger partial charge in [-0.2, -0.15) is 18.2 Å². The molecule has 9 nitrogen and oxygen atoms in total. The molecule has 2 heterocycles. The molecule has 5 N–H and O–H groups in total. The molecular formula is C17H15F3N6O3. The second kappa shape index (κ2) is 7.30. The highest BCUT2D eigenvalue weighted by Crippen LogP contribution is 2.25. The van der Waals surface area contributed by atoms with E-state index in [0.717, 1.165) is 17.9 Å². The van der Waals surface area contributed by atoms with Crippen LogP contribution >= 0.6 is 0 Å². The Balaban J connectivity index is 2.31. The van der Waals surface area contributed by atoms with Crippen molar-refractivity contribution in [1.29, 1.82) is 0 Å². The monoisotopic (exact) mass is 408 g/mol. The van der Waals surface area contributed by atoms with Crippen LogP contribution in [0.15, 0.2) is 35.3 Å². The van der Waals surface area contributed by atoms with Gasteiger partial charge in [-0.1, -0.05) is 0 Å². The Labute approximate surface area is 161 Å². The van der Waals surface area contributed by atoms with E-state index in [0.29, 0.717) is 5.69 Å². The van der Waals surface area contributed by atoms with Gasteiger partial charge < -0.3 is 21.5 Å². The number of aromatic nitrogens is 3. The molecule has 0 aliphatic rings. The summed E-state index contributed by atoms with van der Waals surface area (Å²) >= 11 is 0. The number of benzene rings is 1. The van der Waals surface area contributed by atoms with Crippen LogP contribution in [0.4, 0.5) is 30.5 Å². The fraction of sp³-hybridized carbons (Fsp3) is 0.176. The largest absolute Gasteiger partial charge is 0.465 e. The van der Waals surface area contributed by atoms with Gasteiger partial charge in [-0.15, -0.1) is 0 Å². The van der Waals surface area contributed by atoms with Crippen molar-refractivity contribution in [3.8, 4) is 5.69 Å². The van der Waals surface area contributed by atoms with Gasteiger partial charge in [-0.3, -0.25) is 9.36 Å². The van der Waals surface area contributed by atoms with Crippen LogP contribution in [0.25, 0.3) is 16.7 Å². The van der Waals surface area contributed by atoms with Gasteiger partial charge in [-0.25, -0.2) is 9.78 Å².